The van der Waals surface area contributed by atoms with E-state index in [2.05, 4.69) is 5.32 Å². The van der Waals surface area contributed by atoms with Crippen molar-refractivity contribution < 1.29 is 14.3 Å². The zero-order valence-corrected chi connectivity index (χ0v) is 16.2. The Bertz CT molecular complexity index is 1050. The molecule has 29 heavy (non-hydrogen) atoms. The second-order valence-electron chi connectivity index (χ2n) is 7.08. The number of rotatable bonds is 5. The minimum Gasteiger partial charge on any atom is -0.482 e. The summed E-state index contributed by atoms with van der Waals surface area (Å²) in [4.78, 5) is 26.8. The Balaban J connectivity index is 1.54. The summed E-state index contributed by atoms with van der Waals surface area (Å²) in [5.74, 6) is 0.370. The maximum Gasteiger partial charge on any atom is 0.265 e. The summed E-state index contributed by atoms with van der Waals surface area (Å²) >= 11 is 0. The fraction of sp³-hybridized carbons (Fsp3) is 0.167. The quantitative estimate of drug-likeness (QED) is 0.714. The van der Waals surface area contributed by atoms with Crippen molar-refractivity contribution in [2.45, 2.75) is 13.3 Å². The number of ether oxygens (including phenoxy) is 1. The number of nitrogens with zero attached hydrogens (tertiary/aromatic N) is 1. The third kappa shape index (κ3) is 4.29. The second kappa shape index (κ2) is 8.19. The average molecular weight is 386 g/mol. The molecule has 0 saturated heterocycles. The van der Waals surface area contributed by atoms with Gasteiger partial charge in [-0.25, -0.2) is 0 Å². The molecule has 5 heteroatoms. The molecule has 5 nitrogen and oxygen atoms in total. The van der Waals surface area contributed by atoms with Crippen LogP contribution in [0.1, 0.15) is 21.5 Å². The lowest BCUT2D eigenvalue weighted by Gasteiger charge is -2.30. The van der Waals surface area contributed by atoms with Crippen LogP contribution in [-0.4, -0.2) is 25.0 Å². The first-order chi connectivity index (χ1) is 14.1. The molecule has 0 radical (unpaired) electrons. The van der Waals surface area contributed by atoms with Gasteiger partial charge in [0.25, 0.3) is 11.8 Å². The molecule has 3 aromatic rings. The van der Waals surface area contributed by atoms with Crippen molar-refractivity contribution in [1.29, 1.82) is 0 Å². The molecule has 0 aromatic heterocycles. The van der Waals surface area contributed by atoms with Crippen molar-refractivity contribution in [3.05, 3.63) is 89.5 Å². The zero-order valence-electron chi connectivity index (χ0n) is 16.2. The van der Waals surface area contributed by atoms with Gasteiger partial charge in [0, 0.05) is 17.8 Å². The van der Waals surface area contributed by atoms with Gasteiger partial charge in [-0.2, -0.15) is 0 Å². The largest absolute Gasteiger partial charge is 0.482 e. The number of hydrogen-bond acceptors (Lipinski definition) is 3. The Kier molecular flexibility index (Phi) is 5.29. The second-order valence-corrected chi connectivity index (χ2v) is 7.08. The number of amides is 2. The first-order valence-corrected chi connectivity index (χ1v) is 9.59. The van der Waals surface area contributed by atoms with Gasteiger partial charge in [-0.05, 0) is 49.2 Å². The number of aryl methyl sites for hydroxylation is 1. The Morgan fingerprint density at radius 3 is 2.66 bits per heavy atom. The topological polar surface area (TPSA) is 58.6 Å². The third-order valence-electron chi connectivity index (χ3n) is 4.91. The van der Waals surface area contributed by atoms with E-state index in [1.165, 1.54) is 0 Å². The molecule has 3 aromatic carbocycles. The van der Waals surface area contributed by atoms with Crippen LogP contribution >= 0.6 is 0 Å². The van der Waals surface area contributed by atoms with Crippen LogP contribution < -0.4 is 15.0 Å². The fourth-order valence-electron chi connectivity index (χ4n) is 3.40. The smallest absolute Gasteiger partial charge is 0.265 e. The third-order valence-corrected chi connectivity index (χ3v) is 4.91. The molecule has 1 N–H and O–H groups in total. The fourth-order valence-corrected chi connectivity index (χ4v) is 3.40. The maximum absolute atomic E-state index is 12.6. The maximum atomic E-state index is 12.6. The molecule has 0 unspecified atom stereocenters. The normalized spacial score (nSPS) is 12.9. The number of carbonyl (C=O) groups excluding carboxylic acids is 2. The van der Waals surface area contributed by atoms with Gasteiger partial charge in [-0.1, -0.05) is 48.0 Å². The molecule has 1 heterocycles. The Morgan fingerprint density at radius 2 is 1.86 bits per heavy atom. The van der Waals surface area contributed by atoms with Crippen molar-refractivity contribution >= 4 is 23.2 Å². The van der Waals surface area contributed by atoms with Gasteiger partial charge in [0.1, 0.15) is 5.75 Å². The minimum atomic E-state index is -0.187. The highest BCUT2D eigenvalue weighted by atomic mass is 16.5. The average Bonchev–Trinajstić information content (AvgIpc) is 2.74. The van der Waals surface area contributed by atoms with Gasteiger partial charge in [-0.15, -0.1) is 0 Å². The highest BCUT2D eigenvalue weighted by Crippen LogP contribution is 2.34. The lowest BCUT2D eigenvalue weighted by molar-refractivity contribution is -0.121. The van der Waals surface area contributed by atoms with E-state index >= 15 is 0 Å². The lowest BCUT2D eigenvalue weighted by atomic mass is 10.1. The molecular weight excluding hydrogens is 364 g/mol. The van der Waals surface area contributed by atoms with E-state index in [1.807, 2.05) is 55.5 Å². The highest BCUT2D eigenvalue weighted by molar-refractivity contribution is 6.05. The first-order valence-electron chi connectivity index (χ1n) is 9.59. The van der Waals surface area contributed by atoms with Crippen molar-refractivity contribution in [1.82, 2.24) is 0 Å². The highest BCUT2D eigenvalue weighted by Gasteiger charge is 2.25. The van der Waals surface area contributed by atoms with Crippen LogP contribution in [0, 0.1) is 6.92 Å². The van der Waals surface area contributed by atoms with E-state index in [0.717, 1.165) is 17.5 Å². The number of fused-ring (bicyclic) bond motifs is 1. The standard InChI is InChI=1S/C24H22N2O3/c1-17-6-5-9-19(14-17)24(28)25-20-10-11-22-21(15-20)26(23(27)16-29-22)13-12-18-7-3-2-4-8-18/h2-11,14-15H,12-13,16H2,1H3,(H,25,28). The predicted octanol–water partition coefficient (Wildman–Crippen LogP) is 4.22. The van der Waals surface area contributed by atoms with Crippen LogP contribution in [0.2, 0.25) is 0 Å². The molecule has 0 atom stereocenters. The summed E-state index contributed by atoms with van der Waals surface area (Å²) in [6, 6.07) is 22.8. The van der Waals surface area contributed by atoms with Gasteiger partial charge in [-0.3, -0.25) is 9.59 Å². The van der Waals surface area contributed by atoms with Crippen LogP contribution in [-0.2, 0) is 11.2 Å². The van der Waals surface area contributed by atoms with E-state index in [9.17, 15) is 9.59 Å². The summed E-state index contributed by atoms with van der Waals surface area (Å²) in [6.07, 6.45) is 0.742. The summed E-state index contributed by atoms with van der Waals surface area (Å²) < 4.78 is 5.57. The predicted molar refractivity (Wildman–Crippen MR) is 114 cm³/mol. The van der Waals surface area contributed by atoms with Crippen molar-refractivity contribution in [3.8, 4) is 5.75 Å². The van der Waals surface area contributed by atoms with Gasteiger partial charge >= 0.3 is 0 Å². The zero-order chi connectivity index (χ0) is 20.2. The van der Waals surface area contributed by atoms with E-state index in [-0.39, 0.29) is 18.4 Å². The van der Waals surface area contributed by atoms with Crippen molar-refractivity contribution in [2.75, 3.05) is 23.4 Å². The molecule has 2 amide bonds. The molecule has 0 fully saturated rings. The van der Waals surface area contributed by atoms with Crippen molar-refractivity contribution in [3.63, 3.8) is 0 Å². The first kappa shape index (κ1) is 18.7. The summed E-state index contributed by atoms with van der Waals surface area (Å²) in [5.41, 5.74) is 4.08. The molecule has 146 valence electrons. The minimum absolute atomic E-state index is 0.0246. The van der Waals surface area contributed by atoms with E-state index in [4.69, 9.17) is 4.74 Å². The molecule has 0 spiro atoms. The van der Waals surface area contributed by atoms with Gasteiger partial charge in [0.15, 0.2) is 6.61 Å². The summed E-state index contributed by atoms with van der Waals surface area (Å²) in [7, 11) is 0. The molecule has 0 aliphatic carbocycles. The molecule has 0 bridgehead atoms. The van der Waals surface area contributed by atoms with Gasteiger partial charge in [0.2, 0.25) is 0 Å². The molecular formula is C24H22N2O3. The number of benzene rings is 3. The van der Waals surface area contributed by atoms with Crippen LogP contribution in [0.5, 0.6) is 5.75 Å². The van der Waals surface area contributed by atoms with Crippen LogP contribution in [0.3, 0.4) is 0 Å². The lowest BCUT2D eigenvalue weighted by Crippen LogP contribution is -2.40. The Morgan fingerprint density at radius 1 is 1.03 bits per heavy atom. The monoisotopic (exact) mass is 386 g/mol. The summed E-state index contributed by atoms with van der Waals surface area (Å²) in [5, 5.41) is 2.91. The van der Waals surface area contributed by atoms with Crippen molar-refractivity contribution in [2.24, 2.45) is 0 Å². The van der Waals surface area contributed by atoms with Crippen LogP contribution in [0.25, 0.3) is 0 Å². The van der Waals surface area contributed by atoms with E-state index < -0.39 is 0 Å². The van der Waals surface area contributed by atoms with Crippen LogP contribution in [0.4, 0.5) is 11.4 Å². The number of hydrogen-bond donors (Lipinski definition) is 1. The molecule has 1 aliphatic rings. The SMILES string of the molecule is Cc1cccc(C(=O)Nc2ccc3c(c2)N(CCc2ccccc2)C(=O)CO3)c1. The molecule has 1 aliphatic heterocycles. The molecule has 0 saturated carbocycles. The Labute approximate surface area is 169 Å². The Hall–Kier alpha value is -3.60. The van der Waals surface area contributed by atoms with Crippen LogP contribution in [0.15, 0.2) is 72.8 Å². The molecule has 4 rings (SSSR count). The van der Waals surface area contributed by atoms with Gasteiger partial charge < -0.3 is 15.0 Å². The number of nitrogens with one attached hydrogen (secondary N) is 1. The van der Waals surface area contributed by atoms with E-state index in [1.54, 1.807) is 29.2 Å². The van der Waals surface area contributed by atoms with E-state index in [0.29, 0.717) is 29.2 Å². The van der Waals surface area contributed by atoms with Gasteiger partial charge in [0.05, 0.1) is 5.69 Å². The number of anilines is 2. The summed E-state index contributed by atoms with van der Waals surface area (Å²) in [6.45, 7) is 2.52. The number of carbonyl (C=O) groups is 2.